The maximum atomic E-state index is 14.2. The minimum atomic E-state index is -4.05. The van der Waals surface area contributed by atoms with Gasteiger partial charge in [-0.05, 0) is 53.1 Å². The first-order valence-corrected chi connectivity index (χ1v) is 18.1. The topological polar surface area (TPSA) is 156 Å². The number of nitrogens with zero attached hydrogens (tertiary/aromatic N) is 5. The Kier molecular flexibility index (Phi) is 13.3. The summed E-state index contributed by atoms with van der Waals surface area (Å²) in [4.78, 5) is 35.3. The number of carbonyl (C=O) groups is 2. The molecule has 0 saturated carbocycles. The molecule has 0 unspecified atom stereocenters. The van der Waals surface area contributed by atoms with Crippen LogP contribution in [-0.2, 0) is 27.8 Å². The van der Waals surface area contributed by atoms with Gasteiger partial charge in [0.25, 0.3) is 0 Å². The molecule has 12 nitrogen and oxygen atoms in total. The number of aliphatic hydroxyl groups is 1. The van der Waals surface area contributed by atoms with Crippen LogP contribution in [-0.4, -0.2) is 100 Å². The van der Waals surface area contributed by atoms with Crippen molar-refractivity contribution in [3.63, 3.8) is 0 Å². The highest BCUT2D eigenvalue weighted by molar-refractivity contribution is 7.89. The second kappa shape index (κ2) is 17.4. The Bertz CT molecular complexity index is 1640. The summed E-state index contributed by atoms with van der Waals surface area (Å²) in [6.07, 6.45) is 4.19. The molecule has 3 aromatic rings. The van der Waals surface area contributed by atoms with Crippen LogP contribution < -0.4 is 5.32 Å². The van der Waals surface area contributed by atoms with Crippen LogP contribution >= 0.6 is 0 Å². The van der Waals surface area contributed by atoms with Gasteiger partial charge in [-0.15, -0.1) is 0 Å². The van der Waals surface area contributed by atoms with Crippen molar-refractivity contribution < 1.29 is 28.3 Å². The Labute approximate surface area is 289 Å². The Balaban J connectivity index is 1.59. The van der Waals surface area contributed by atoms with Gasteiger partial charge in [-0.2, -0.15) is 4.31 Å². The molecule has 4 atom stereocenters. The largest absolute Gasteiger partial charge is 0.411 e. The molecule has 264 valence electrons. The van der Waals surface area contributed by atoms with Gasteiger partial charge < -0.3 is 25.4 Å². The molecule has 0 bridgehead atoms. The van der Waals surface area contributed by atoms with Gasteiger partial charge in [-0.25, -0.2) is 13.2 Å². The maximum Gasteiger partial charge on any atom is 0.321 e. The van der Waals surface area contributed by atoms with Gasteiger partial charge in [0, 0.05) is 45.1 Å². The second-order valence-electron chi connectivity index (χ2n) is 13.0. The zero-order valence-corrected chi connectivity index (χ0v) is 29.4. The lowest BCUT2D eigenvalue weighted by molar-refractivity contribution is -0.128. The third-order valence-electron chi connectivity index (χ3n) is 8.79. The fourth-order valence-electron chi connectivity index (χ4n) is 6.02. The Morgan fingerprint density at radius 2 is 1.71 bits per heavy atom. The van der Waals surface area contributed by atoms with E-state index in [9.17, 15) is 23.1 Å². The highest BCUT2D eigenvalue weighted by Crippen LogP contribution is 2.24. The molecule has 3 amide bonds. The summed E-state index contributed by atoms with van der Waals surface area (Å²) in [5.41, 5.74) is 2.27. The van der Waals surface area contributed by atoms with E-state index in [1.54, 1.807) is 22.2 Å². The van der Waals surface area contributed by atoms with E-state index in [4.69, 9.17) is 5.21 Å². The van der Waals surface area contributed by atoms with E-state index in [-0.39, 0.29) is 42.3 Å². The molecule has 1 aliphatic rings. The van der Waals surface area contributed by atoms with Crippen molar-refractivity contribution >= 4 is 28.2 Å². The molecule has 2 heterocycles. The van der Waals surface area contributed by atoms with Crippen LogP contribution in [0.4, 0.5) is 4.79 Å². The Morgan fingerprint density at radius 3 is 2.33 bits per heavy atom. The van der Waals surface area contributed by atoms with E-state index >= 15 is 0 Å². The number of aromatic nitrogens is 1. The number of oxime groups is 1. The smallest absolute Gasteiger partial charge is 0.321 e. The summed E-state index contributed by atoms with van der Waals surface area (Å²) >= 11 is 0. The fourth-order valence-corrected chi connectivity index (χ4v) is 7.65. The van der Waals surface area contributed by atoms with Crippen molar-refractivity contribution in [2.24, 2.45) is 17.0 Å². The van der Waals surface area contributed by atoms with Crippen LogP contribution in [0.2, 0.25) is 0 Å². The van der Waals surface area contributed by atoms with E-state index in [0.29, 0.717) is 31.6 Å². The SMILES string of the molecule is CC[C@H](C)[C@@H](C(=O)N[C@@H](Cc1ccccc1)[C@H](O)CN(CC(C)C)S(=O)(=O)c1ccc(C=NO)cc1)N1CCN(Cc2cccnc2)C1=O. The lowest BCUT2D eigenvalue weighted by Gasteiger charge is -2.35. The van der Waals surface area contributed by atoms with Gasteiger partial charge in [0.15, 0.2) is 0 Å². The average molecular weight is 693 g/mol. The number of pyridine rings is 1. The third-order valence-corrected chi connectivity index (χ3v) is 10.6. The van der Waals surface area contributed by atoms with Gasteiger partial charge in [-0.3, -0.25) is 9.78 Å². The molecule has 1 aliphatic heterocycles. The molecule has 13 heteroatoms. The van der Waals surface area contributed by atoms with Gasteiger partial charge >= 0.3 is 6.03 Å². The molecule has 0 aliphatic carbocycles. The monoisotopic (exact) mass is 692 g/mol. The normalized spacial score (nSPS) is 16.3. The van der Waals surface area contributed by atoms with Gasteiger partial charge in [-0.1, -0.05) is 87.8 Å². The first-order valence-electron chi connectivity index (χ1n) is 16.7. The van der Waals surface area contributed by atoms with E-state index in [1.165, 1.54) is 34.8 Å². The maximum absolute atomic E-state index is 14.2. The van der Waals surface area contributed by atoms with Crippen LogP contribution in [0.15, 0.2) is 89.2 Å². The van der Waals surface area contributed by atoms with Crippen molar-refractivity contribution in [3.05, 3.63) is 95.8 Å². The number of sulfonamides is 1. The third kappa shape index (κ3) is 9.87. The van der Waals surface area contributed by atoms with Crippen molar-refractivity contribution in [2.45, 2.75) is 70.2 Å². The number of nitrogens with one attached hydrogen (secondary N) is 1. The first kappa shape index (κ1) is 37.5. The molecule has 4 rings (SSSR count). The quantitative estimate of drug-likeness (QED) is 0.110. The van der Waals surface area contributed by atoms with Crippen molar-refractivity contribution in [1.29, 1.82) is 0 Å². The number of urea groups is 1. The van der Waals surface area contributed by atoms with E-state index < -0.39 is 34.1 Å². The number of aliphatic hydroxyl groups excluding tert-OH is 1. The zero-order chi connectivity index (χ0) is 35.6. The van der Waals surface area contributed by atoms with Crippen LogP contribution in [0, 0.1) is 11.8 Å². The fraction of sp³-hybridized carbons (Fsp3) is 0.444. The summed E-state index contributed by atoms with van der Waals surface area (Å²) in [5, 5.41) is 26.6. The summed E-state index contributed by atoms with van der Waals surface area (Å²) in [6, 6.07) is 17.1. The molecular formula is C36H48N6O6S. The van der Waals surface area contributed by atoms with E-state index in [0.717, 1.165) is 11.1 Å². The van der Waals surface area contributed by atoms with Crippen LogP contribution in [0.3, 0.4) is 0 Å². The lowest BCUT2D eigenvalue weighted by Crippen LogP contribution is -2.57. The van der Waals surface area contributed by atoms with Gasteiger partial charge in [0.05, 0.1) is 23.3 Å². The predicted octanol–water partition coefficient (Wildman–Crippen LogP) is 3.98. The highest BCUT2D eigenvalue weighted by atomic mass is 32.2. The molecule has 1 aromatic heterocycles. The molecule has 49 heavy (non-hydrogen) atoms. The van der Waals surface area contributed by atoms with Crippen LogP contribution in [0.5, 0.6) is 0 Å². The number of amides is 3. The van der Waals surface area contributed by atoms with Crippen molar-refractivity contribution in [2.75, 3.05) is 26.2 Å². The standard InChI is InChI=1S/C36H48N6O6S/c1-5-27(4)34(42-19-18-40(36(42)45)24-30-12-9-17-37-21-30)35(44)39-32(20-28-10-7-6-8-11-28)33(43)25-41(23-26(2)3)49(47,48)31-15-13-29(14-16-31)22-38-46/h6-17,21-22,26-27,32-34,43,46H,5,18-20,23-25H2,1-4H3,(H,39,44)/t27-,32-,33+,34-/m0/s1. The van der Waals surface area contributed by atoms with E-state index in [2.05, 4.69) is 15.5 Å². The predicted molar refractivity (Wildman–Crippen MR) is 187 cm³/mol. The number of benzene rings is 2. The number of hydrogen-bond acceptors (Lipinski definition) is 8. The van der Waals surface area contributed by atoms with Crippen molar-refractivity contribution in [1.82, 2.24) is 24.4 Å². The summed E-state index contributed by atoms with van der Waals surface area (Å²) < 4.78 is 29.0. The second-order valence-corrected chi connectivity index (χ2v) is 14.9. The highest BCUT2D eigenvalue weighted by Gasteiger charge is 2.41. The minimum Gasteiger partial charge on any atom is -0.411 e. The average Bonchev–Trinajstić information content (AvgIpc) is 3.43. The van der Waals surface area contributed by atoms with E-state index in [1.807, 2.05) is 70.2 Å². The molecule has 1 saturated heterocycles. The molecule has 2 aromatic carbocycles. The van der Waals surface area contributed by atoms with Crippen LogP contribution in [0.1, 0.15) is 50.8 Å². The summed E-state index contributed by atoms with van der Waals surface area (Å²) in [7, 11) is -4.05. The van der Waals surface area contributed by atoms with Crippen molar-refractivity contribution in [3.8, 4) is 0 Å². The van der Waals surface area contributed by atoms with Gasteiger partial charge in [0.1, 0.15) is 6.04 Å². The lowest BCUT2D eigenvalue weighted by atomic mass is 9.95. The first-order chi connectivity index (χ1) is 23.4. The number of hydrogen-bond donors (Lipinski definition) is 3. The van der Waals surface area contributed by atoms with Crippen LogP contribution in [0.25, 0.3) is 0 Å². The number of rotatable bonds is 17. The Morgan fingerprint density at radius 1 is 1.02 bits per heavy atom. The molecular weight excluding hydrogens is 644 g/mol. The van der Waals surface area contributed by atoms with Gasteiger partial charge in [0.2, 0.25) is 15.9 Å². The molecule has 0 radical (unpaired) electrons. The molecule has 0 spiro atoms. The Hall–Kier alpha value is -4.33. The summed E-state index contributed by atoms with van der Waals surface area (Å²) in [6.45, 7) is 8.75. The minimum absolute atomic E-state index is 0.0271. The zero-order valence-electron chi connectivity index (χ0n) is 28.6. The molecule has 3 N–H and O–H groups in total. The molecule has 1 fully saturated rings. The summed E-state index contributed by atoms with van der Waals surface area (Å²) in [5.74, 6) is -0.644. The number of carbonyl (C=O) groups excluding carboxylic acids is 2.